The van der Waals surface area contributed by atoms with E-state index in [1.807, 2.05) is 24.3 Å². The summed E-state index contributed by atoms with van der Waals surface area (Å²) in [5, 5.41) is 17.7. The van der Waals surface area contributed by atoms with Crippen molar-refractivity contribution in [2.24, 2.45) is 0 Å². The van der Waals surface area contributed by atoms with Crippen LogP contribution in [0.15, 0.2) is 48.3 Å². The van der Waals surface area contributed by atoms with E-state index >= 15 is 0 Å². The molecule has 164 valence electrons. The third-order valence-electron chi connectivity index (χ3n) is 5.29. The third kappa shape index (κ3) is 5.03. The number of aliphatic hydroxyl groups excluding tert-OH is 1. The van der Waals surface area contributed by atoms with E-state index in [-0.39, 0.29) is 23.7 Å². The Morgan fingerprint density at radius 1 is 1.19 bits per heavy atom. The molecular weight excluding hydrogens is 429 g/mol. The fourth-order valence-electron chi connectivity index (χ4n) is 3.81. The smallest absolute Gasteiger partial charge is 0.395 e. The second kappa shape index (κ2) is 8.90. The van der Waals surface area contributed by atoms with E-state index in [2.05, 4.69) is 15.3 Å². The number of hydrogen-bond donors (Lipinski definition) is 2. The zero-order valence-electron chi connectivity index (χ0n) is 16.7. The number of alkyl halides is 3. The van der Waals surface area contributed by atoms with Crippen LogP contribution in [-0.4, -0.2) is 52.6 Å². The Hall–Kier alpha value is -2.55. The van der Waals surface area contributed by atoms with Crippen LogP contribution in [0.4, 0.5) is 13.2 Å². The first-order valence-corrected chi connectivity index (χ1v) is 10.3. The van der Waals surface area contributed by atoms with Crippen LogP contribution in [0, 0.1) is 0 Å². The van der Waals surface area contributed by atoms with Gasteiger partial charge in [0.05, 0.1) is 30.4 Å². The van der Waals surface area contributed by atoms with Crippen LogP contribution >= 0.6 is 11.6 Å². The minimum absolute atomic E-state index is 0.00633. The van der Waals surface area contributed by atoms with Crippen LogP contribution in [0.5, 0.6) is 0 Å². The van der Waals surface area contributed by atoms with Crippen molar-refractivity contribution < 1.29 is 18.3 Å². The summed E-state index contributed by atoms with van der Waals surface area (Å²) in [5.41, 5.74) is 2.15. The average Bonchev–Trinajstić information content (AvgIpc) is 3.11. The van der Waals surface area contributed by atoms with E-state index in [1.54, 1.807) is 10.9 Å². The Balaban J connectivity index is 1.59. The SMILES string of the molecule is OCCN1CCNC(=Cc2ccc3c(cnn3Cc3ccc(Cl)cc3C(F)(F)F)c2)C1. The largest absolute Gasteiger partial charge is 0.416 e. The predicted molar refractivity (Wildman–Crippen MR) is 115 cm³/mol. The first kappa shape index (κ1) is 21.7. The molecule has 0 amide bonds. The van der Waals surface area contributed by atoms with Gasteiger partial charge >= 0.3 is 6.18 Å². The van der Waals surface area contributed by atoms with Crippen LogP contribution in [0.25, 0.3) is 17.0 Å². The lowest BCUT2D eigenvalue weighted by Crippen LogP contribution is -2.43. The van der Waals surface area contributed by atoms with Gasteiger partial charge < -0.3 is 10.4 Å². The van der Waals surface area contributed by atoms with Crippen molar-refractivity contribution in [2.45, 2.75) is 12.7 Å². The number of aliphatic hydroxyl groups is 1. The first-order valence-electron chi connectivity index (χ1n) is 9.92. The van der Waals surface area contributed by atoms with Crippen molar-refractivity contribution in [1.29, 1.82) is 0 Å². The first-order chi connectivity index (χ1) is 14.8. The highest BCUT2D eigenvalue weighted by Crippen LogP contribution is 2.34. The highest BCUT2D eigenvalue weighted by molar-refractivity contribution is 6.30. The molecule has 2 aromatic carbocycles. The molecule has 0 aliphatic carbocycles. The molecule has 0 unspecified atom stereocenters. The molecule has 0 bridgehead atoms. The molecule has 9 heteroatoms. The summed E-state index contributed by atoms with van der Waals surface area (Å²) in [7, 11) is 0. The van der Waals surface area contributed by atoms with Crippen LogP contribution in [-0.2, 0) is 12.7 Å². The quantitative estimate of drug-likeness (QED) is 0.617. The maximum absolute atomic E-state index is 13.4. The highest BCUT2D eigenvalue weighted by atomic mass is 35.5. The molecule has 0 radical (unpaired) electrons. The summed E-state index contributed by atoms with van der Waals surface area (Å²) < 4.78 is 41.8. The topological polar surface area (TPSA) is 53.3 Å². The highest BCUT2D eigenvalue weighted by Gasteiger charge is 2.33. The van der Waals surface area contributed by atoms with Crippen LogP contribution in [0.3, 0.4) is 0 Å². The molecular formula is C22H22ClF3N4O. The van der Waals surface area contributed by atoms with Gasteiger partial charge in [0.25, 0.3) is 0 Å². The average molecular weight is 451 g/mol. The summed E-state index contributed by atoms with van der Waals surface area (Å²) in [6, 6.07) is 9.55. The lowest BCUT2D eigenvalue weighted by molar-refractivity contribution is -0.138. The van der Waals surface area contributed by atoms with Gasteiger partial charge in [0.1, 0.15) is 0 Å². The van der Waals surface area contributed by atoms with Crippen molar-refractivity contribution in [3.05, 3.63) is 70.0 Å². The van der Waals surface area contributed by atoms with Crippen molar-refractivity contribution in [3.8, 4) is 0 Å². The van der Waals surface area contributed by atoms with Crippen molar-refractivity contribution in [3.63, 3.8) is 0 Å². The number of piperazine rings is 1. The zero-order chi connectivity index (χ0) is 22.0. The number of fused-ring (bicyclic) bond motifs is 1. The summed E-state index contributed by atoms with van der Waals surface area (Å²) >= 11 is 5.78. The molecule has 31 heavy (non-hydrogen) atoms. The molecule has 2 N–H and O–H groups in total. The van der Waals surface area contributed by atoms with Gasteiger partial charge in [0.2, 0.25) is 0 Å². The number of benzene rings is 2. The number of nitrogens with one attached hydrogen (secondary N) is 1. The predicted octanol–water partition coefficient (Wildman–Crippen LogP) is 4.00. The summed E-state index contributed by atoms with van der Waals surface area (Å²) in [4.78, 5) is 2.17. The number of nitrogens with zero attached hydrogens (tertiary/aromatic N) is 3. The van der Waals surface area contributed by atoms with E-state index in [0.717, 1.165) is 47.9 Å². The molecule has 4 rings (SSSR count). The summed E-state index contributed by atoms with van der Waals surface area (Å²) in [6.07, 6.45) is -0.784. The fraction of sp³-hybridized carbons (Fsp3) is 0.318. The molecule has 1 fully saturated rings. The Morgan fingerprint density at radius 3 is 2.81 bits per heavy atom. The number of halogens is 4. The Morgan fingerprint density at radius 2 is 2.03 bits per heavy atom. The molecule has 2 heterocycles. The van der Waals surface area contributed by atoms with E-state index in [4.69, 9.17) is 16.7 Å². The minimum Gasteiger partial charge on any atom is -0.395 e. The van der Waals surface area contributed by atoms with Gasteiger partial charge in [0.15, 0.2) is 0 Å². The van der Waals surface area contributed by atoms with Gasteiger partial charge in [-0.2, -0.15) is 18.3 Å². The van der Waals surface area contributed by atoms with Gasteiger partial charge in [-0.15, -0.1) is 0 Å². The lowest BCUT2D eigenvalue weighted by atomic mass is 10.1. The lowest BCUT2D eigenvalue weighted by Gasteiger charge is -2.29. The molecule has 1 aliphatic heterocycles. The maximum Gasteiger partial charge on any atom is 0.416 e. The van der Waals surface area contributed by atoms with E-state index < -0.39 is 11.7 Å². The van der Waals surface area contributed by atoms with Crippen molar-refractivity contribution in [1.82, 2.24) is 20.0 Å². The van der Waals surface area contributed by atoms with Crippen molar-refractivity contribution >= 4 is 28.6 Å². The maximum atomic E-state index is 13.4. The van der Waals surface area contributed by atoms with E-state index in [1.165, 1.54) is 12.1 Å². The van der Waals surface area contributed by atoms with Gasteiger partial charge in [-0.05, 0) is 41.5 Å². The number of rotatable bonds is 5. The Bertz CT molecular complexity index is 1110. The molecule has 0 saturated carbocycles. The number of hydrogen-bond acceptors (Lipinski definition) is 4. The molecule has 0 atom stereocenters. The molecule has 3 aromatic rings. The normalized spacial score (nSPS) is 16.7. The molecule has 1 aliphatic rings. The van der Waals surface area contributed by atoms with Crippen LogP contribution in [0.2, 0.25) is 5.02 Å². The van der Waals surface area contributed by atoms with Crippen LogP contribution < -0.4 is 5.32 Å². The minimum atomic E-state index is -4.49. The standard InChI is InChI=1S/C22H22ClF3N4O/c23-18-3-2-16(20(11-18)22(24,25)26)13-30-21-4-1-15(9-17(21)12-28-30)10-19-14-29(7-8-31)6-5-27-19/h1-4,9-12,27,31H,5-8,13-14H2. The van der Waals surface area contributed by atoms with E-state index in [9.17, 15) is 13.2 Å². The molecule has 1 aromatic heterocycles. The van der Waals surface area contributed by atoms with Gasteiger partial charge in [0, 0.05) is 42.3 Å². The fourth-order valence-corrected chi connectivity index (χ4v) is 3.99. The number of aromatic nitrogens is 2. The second-order valence-electron chi connectivity index (χ2n) is 7.52. The van der Waals surface area contributed by atoms with Gasteiger partial charge in [-0.3, -0.25) is 9.58 Å². The summed E-state index contributed by atoms with van der Waals surface area (Å²) in [6.45, 7) is 3.18. The zero-order valence-corrected chi connectivity index (χ0v) is 17.4. The second-order valence-corrected chi connectivity index (χ2v) is 7.95. The van der Waals surface area contributed by atoms with Crippen LogP contribution in [0.1, 0.15) is 16.7 Å². The molecule has 1 saturated heterocycles. The molecule has 0 spiro atoms. The van der Waals surface area contributed by atoms with Gasteiger partial charge in [-0.1, -0.05) is 23.7 Å². The van der Waals surface area contributed by atoms with Crippen molar-refractivity contribution in [2.75, 3.05) is 32.8 Å². The monoisotopic (exact) mass is 450 g/mol. The third-order valence-corrected chi connectivity index (χ3v) is 5.53. The molecule has 5 nitrogen and oxygen atoms in total. The number of β-amino-alcohol motifs (C(OH)–C–C–N with tert-alkyl or cyclic N) is 1. The summed E-state index contributed by atoms with van der Waals surface area (Å²) in [5.74, 6) is 0. The van der Waals surface area contributed by atoms with Gasteiger partial charge in [-0.25, -0.2) is 0 Å². The Kier molecular flexibility index (Phi) is 6.22. The Labute approximate surface area is 182 Å². The van der Waals surface area contributed by atoms with E-state index in [0.29, 0.717) is 6.54 Å².